The van der Waals surface area contributed by atoms with Crippen LogP contribution < -0.4 is 0 Å². The minimum atomic E-state index is -0.100. The van der Waals surface area contributed by atoms with Gasteiger partial charge in [-0.3, -0.25) is 4.79 Å². The van der Waals surface area contributed by atoms with E-state index in [9.17, 15) is 4.79 Å². The number of hydrogen-bond acceptors (Lipinski definition) is 4. The van der Waals surface area contributed by atoms with Crippen molar-refractivity contribution in [1.29, 1.82) is 0 Å². The molecule has 0 N–H and O–H groups in total. The summed E-state index contributed by atoms with van der Waals surface area (Å²) in [5.41, 5.74) is 0.00540. The molecule has 0 aromatic rings. The molecule has 0 aliphatic carbocycles. The first-order valence-corrected chi connectivity index (χ1v) is 4.26. The van der Waals surface area contributed by atoms with Crippen LogP contribution in [0, 0.1) is 0 Å². The third-order valence-corrected chi connectivity index (χ3v) is 2.24. The molecule has 1 heterocycles. The monoisotopic (exact) mass is 150 g/mol. The zero-order chi connectivity index (χ0) is 5.98. The highest BCUT2D eigenvalue weighted by atomic mass is 33.1. The number of hydrogen-bond donors (Lipinski definition) is 1. The van der Waals surface area contributed by atoms with Crippen LogP contribution in [0.4, 0.5) is 0 Å². The lowest BCUT2D eigenvalue weighted by Gasteiger charge is -2.00. The van der Waals surface area contributed by atoms with Gasteiger partial charge >= 0.3 is 5.97 Å². The maximum atomic E-state index is 10.3. The van der Waals surface area contributed by atoms with Crippen molar-refractivity contribution in [2.75, 3.05) is 0 Å². The minimum absolute atomic E-state index is 0.00540. The van der Waals surface area contributed by atoms with E-state index in [-0.39, 0.29) is 11.4 Å². The van der Waals surface area contributed by atoms with Crippen molar-refractivity contribution < 1.29 is 9.53 Å². The van der Waals surface area contributed by atoms with E-state index >= 15 is 0 Å². The number of esters is 1. The highest BCUT2D eigenvalue weighted by Gasteiger charge is 2.21. The van der Waals surface area contributed by atoms with Crippen molar-refractivity contribution in [2.45, 2.75) is 18.3 Å². The maximum absolute atomic E-state index is 10.3. The Morgan fingerprint density at radius 3 is 2.88 bits per heavy atom. The summed E-state index contributed by atoms with van der Waals surface area (Å²) in [4.78, 5) is 10.3. The molecule has 1 saturated heterocycles. The Labute approximate surface area is 56.8 Å². The van der Waals surface area contributed by atoms with E-state index < -0.39 is 0 Å². The molecule has 1 rings (SSSR count). The van der Waals surface area contributed by atoms with Crippen molar-refractivity contribution in [3.8, 4) is 0 Å². The molecule has 2 nitrogen and oxygen atoms in total. The number of carbonyl (C=O) groups excluding carboxylic acids is 1. The summed E-state index contributed by atoms with van der Waals surface area (Å²) < 4.78 is 4.76. The Morgan fingerprint density at radius 2 is 2.62 bits per heavy atom. The fourth-order valence-corrected chi connectivity index (χ4v) is 1.39. The maximum Gasteiger partial charge on any atom is 0.307 e. The zero-order valence-electron chi connectivity index (χ0n) is 4.16. The van der Waals surface area contributed by atoms with Gasteiger partial charge in [0.25, 0.3) is 0 Å². The average molecular weight is 150 g/mol. The summed E-state index contributed by atoms with van der Waals surface area (Å²) in [7, 11) is 1.29. The Bertz CT molecular complexity index is 104. The van der Waals surface area contributed by atoms with Crippen LogP contribution in [0.15, 0.2) is 0 Å². The van der Waals surface area contributed by atoms with E-state index in [4.69, 9.17) is 4.74 Å². The molecule has 0 bridgehead atoms. The van der Waals surface area contributed by atoms with Crippen LogP contribution in [0.5, 0.6) is 0 Å². The van der Waals surface area contributed by atoms with Gasteiger partial charge in [-0.25, -0.2) is 0 Å². The summed E-state index contributed by atoms with van der Waals surface area (Å²) in [6.07, 6.45) is 1.37. The molecule has 8 heavy (non-hydrogen) atoms. The first-order valence-electron chi connectivity index (χ1n) is 2.32. The molecule has 1 fully saturated rings. The summed E-state index contributed by atoms with van der Waals surface area (Å²) >= 11 is 3.90. The third-order valence-electron chi connectivity index (χ3n) is 0.965. The second-order valence-corrected chi connectivity index (χ2v) is 2.93. The van der Waals surface area contributed by atoms with Crippen LogP contribution in [0.25, 0.3) is 0 Å². The lowest BCUT2D eigenvalue weighted by atomic mass is 10.4. The fourth-order valence-electron chi connectivity index (χ4n) is 0.574. The molecule has 0 spiro atoms. The molecule has 46 valence electrons. The number of carbonyl (C=O) groups is 1. The van der Waals surface area contributed by atoms with Crippen molar-refractivity contribution in [3.05, 3.63) is 0 Å². The van der Waals surface area contributed by atoms with E-state index in [0.29, 0.717) is 6.42 Å². The first kappa shape index (κ1) is 6.29. The lowest BCUT2D eigenvalue weighted by molar-refractivity contribution is -0.138. The largest absolute Gasteiger partial charge is 0.450 e. The van der Waals surface area contributed by atoms with E-state index in [0.717, 1.165) is 6.42 Å². The van der Waals surface area contributed by atoms with Crippen LogP contribution >= 0.6 is 22.5 Å². The second-order valence-electron chi connectivity index (χ2n) is 1.56. The fraction of sp³-hybridized carbons (Fsp3) is 0.750. The highest BCUT2D eigenvalue weighted by molar-refractivity contribution is 8.68. The number of cyclic esters (lactones) is 1. The van der Waals surface area contributed by atoms with Crippen molar-refractivity contribution in [2.24, 2.45) is 0 Å². The van der Waals surface area contributed by atoms with Crippen LogP contribution in [0.3, 0.4) is 0 Å². The van der Waals surface area contributed by atoms with Gasteiger partial charge in [-0.2, -0.15) is 0 Å². The Morgan fingerprint density at radius 1 is 1.88 bits per heavy atom. The summed E-state index contributed by atoms with van der Waals surface area (Å²) in [6, 6.07) is 0. The molecule has 0 amide bonds. The van der Waals surface area contributed by atoms with Gasteiger partial charge in [-0.15, -0.1) is 11.7 Å². The zero-order valence-corrected chi connectivity index (χ0v) is 5.87. The van der Waals surface area contributed by atoms with E-state index in [2.05, 4.69) is 11.7 Å². The standard InChI is InChI=1S/C4H6O2S2/c5-3-1-2-4(6-3)8-7/h4,7H,1-2H2. The molecule has 1 atom stereocenters. The van der Waals surface area contributed by atoms with Gasteiger partial charge in [0.05, 0.1) is 0 Å². The van der Waals surface area contributed by atoms with Crippen LogP contribution in [-0.4, -0.2) is 11.4 Å². The molecule has 1 aliphatic heterocycles. The van der Waals surface area contributed by atoms with E-state index in [1.54, 1.807) is 0 Å². The normalized spacial score (nSPS) is 28.1. The van der Waals surface area contributed by atoms with E-state index in [1.807, 2.05) is 0 Å². The summed E-state index contributed by atoms with van der Waals surface area (Å²) in [5.74, 6) is -0.100. The van der Waals surface area contributed by atoms with Crippen molar-refractivity contribution in [3.63, 3.8) is 0 Å². The predicted molar refractivity (Wildman–Crippen MR) is 35.7 cm³/mol. The molecule has 1 unspecified atom stereocenters. The smallest absolute Gasteiger partial charge is 0.307 e. The molecule has 0 aromatic carbocycles. The van der Waals surface area contributed by atoms with Crippen LogP contribution in [0.1, 0.15) is 12.8 Å². The molecular formula is C4H6O2S2. The highest BCUT2D eigenvalue weighted by Crippen LogP contribution is 2.26. The Hall–Kier alpha value is 0.170. The number of thiol groups is 1. The van der Waals surface area contributed by atoms with Crippen molar-refractivity contribution in [1.82, 2.24) is 0 Å². The summed E-state index contributed by atoms with van der Waals surface area (Å²) in [5, 5.41) is 0. The molecule has 1 aliphatic rings. The minimum Gasteiger partial charge on any atom is -0.450 e. The lowest BCUT2D eigenvalue weighted by Crippen LogP contribution is -1.97. The molecular weight excluding hydrogens is 144 g/mol. The van der Waals surface area contributed by atoms with Gasteiger partial charge in [0.1, 0.15) is 0 Å². The Kier molecular flexibility index (Phi) is 2.08. The quantitative estimate of drug-likeness (QED) is 0.346. The molecule has 0 radical (unpaired) electrons. The predicted octanol–water partition coefficient (Wildman–Crippen LogP) is 1.23. The van der Waals surface area contributed by atoms with Crippen LogP contribution in [0.2, 0.25) is 0 Å². The van der Waals surface area contributed by atoms with Crippen LogP contribution in [-0.2, 0) is 9.53 Å². The second kappa shape index (κ2) is 2.64. The van der Waals surface area contributed by atoms with Gasteiger partial charge in [-0.1, -0.05) is 10.8 Å². The van der Waals surface area contributed by atoms with Gasteiger partial charge in [0, 0.05) is 12.8 Å². The Balaban J connectivity index is 2.32. The third kappa shape index (κ3) is 1.32. The van der Waals surface area contributed by atoms with Gasteiger partial charge < -0.3 is 4.74 Å². The summed E-state index contributed by atoms with van der Waals surface area (Å²) in [6.45, 7) is 0. The van der Waals surface area contributed by atoms with Gasteiger partial charge in [0.2, 0.25) is 0 Å². The first-order chi connectivity index (χ1) is 3.83. The average Bonchev–Trinajstić information content (AvgIpc) is 2.14. The molecule has 0 aromatic heterocycles. The topological polar surface area (TPSA) is 26.3 Å². The van der Waals surface area contributed by atoms with Gasteiger partial charge in [0.15, 0.2) is 5.44 Å². The molecule has 4 heteroatoms. The number of rotatable bonds is 1. The number of ether oxygens (including phenoxy) is 1. The molecule has 0 saturated carbocycles. The SMILES string of the molecule is O=C1CCC(SS)O1. The van der Waals surface area contributed by atoms with Crippen molar-refractivity contribution >= 4 is 28.4 Å². The van der Waals surface area contributed by atoms with Gasteiger partial charge in [-0.05, 0) is 0 Å². The van der Waals surface area contributed by atoms with E-state index in [1.165, 1.54) is 10.8 Å².